The number of nitrogen functional groups attached to an aromatic ring is 1. The number of benzene rings is 1. The number of rotatable bonds is 7. The Morgan fingerprint density at radius 1 is 1.24 bits per heavy atom. The lowest BCUT2D eigenvalue weighted by atomic mass is 10.1. The van der Waals surface area contributed by atoms with Gasteiger partial charge in [0.25, 0.3) is 0 Å². The van der Waals surface area contributed by atoms with Crippen LogP contribution >= 0.6 is 0 Å². The standard InChI is InChI=1S/C16H21N3O2/c1-2-10-21-16-13(17)8-9-15(19-16)18-11-14(20)12-6-4-3-5-7-12/h3-9,14,20H,2,10-11,17H2,1H3,(H,18,19). The molecule has 0 amide bonds. The number of hydrogen-bond donors (Lipinski definition) is 3. The van der Waals surface area contributed by atoms with Gasteiger partial charge in [-0.25, -0.2) is 0 Å². The first-order chi connectivity index (χ1) is 10.2. The summed E-state index contributed by atoms with van der Waals surface area (Å²) in [7, 11) is 0. The van der Waals surface area contributed by atoms with Gasteiger partial charge in [0.05, 0.1) is 18.4 Å². The molecule has 21 heavy (non-hydrogen) atoms. The molecule has 0 radical (unpaired) electrons. The number of nitrogens with zero attached hydrogens (tertiary/aromatic N) is 1. The Morgan fingerprint density at radius 2 is 2.00 bits per heavy atom. The van der Waals surface area contributed by atoms with Crippen LogP contribution in [0.3, 0.4) is 0 Å². The van der Waals surface area contributed by atoms with Gasteiger partial charge in [0.1, 0.15) is 5.82 Å². The third-order valence-corrected chi connectivity index (χ3v) is 2.99. The average molecular weight is 287 g/mol. The van der Waals surface area contributed by atoms with Crippen LogP contribution in [-0.2, 0) is 0 Å². The molecule has 2 aromatic rings. The summed E-state index contributed by atoms with van der Waals surface area (Å²) in [6.45, 7) is 2.97. The Labute approximate surface area is 124 Å². The molecule has 1 heterocycles. The Kier molecular flexibility index (Phi) is 5.40. The summed E-state index contributed by atoms with van der Waals surface area (Å²) in [6, 6.07) is 13.0. The second kappa shape index (κ2) is 7.50. The Balaban J connectivity index is 1.96. The Morgan fingerprint density at radius 3 is 2.71 bits per heavy atom. The maximum absolute atomic E-state index is 10.1. The largest absolute Gasteiger partial charge is 0.476 e. The summed E-state index contributed by atoms with van der Waals surface area (Å²) in [4.78, 5) is 4.31. The van der Waals surface area contributed by atoms with Crippen LogP contribution in [0.15, 0.2) is 42.5 Å². The van der Waals surface area contributed by atoms with Gasteiger partial charge in [0.2, 0.25) is 5.88 Å². The smallest absolute Gasteiger partial charge is 0.239 e. The number of aliphatic hydroxyl groups excluding tert-OH is 1. The molecule has 0 spiro atoms. The van der Waals surface area contributed by atoms with Crippen LogP contribution in [0.2, 0.25) is 0 Å². The topological polar surface area (TPSA) is 80.4 Å². The number of aromatic nitrogens is 1. The SMILES string of the molecule is CCCOc1nc(NCC(O)c2ccccc2)ccc1N. The zero-order chi connectivity index (χ0) is 15.1. The quantitative estimate of drug-likeness (QED) is 0.729. The fraction of sp³-hybridized carbons (Fsp3) is 0.312. The van der Waals surface area contributed by atoms with Crippen molar-refractivity contribution in [1.29, 1.82) is 0 Å². The van der Waals surface area contributed by atoms with Crippen molar-refractivity contribution in [3.05, 3.63) is 48.0 Å². The van der Waals surface area contributed by atoms with Crippen LogP contribution in [0.5, 0.6) is 5.88 Å². The molecule has 2 rings (SSSR count). The van der Waals surface area contributed by atoms with Crippen LogP contribution in [0, 0.1) is 0 Å². The first-order valence-electron chi connectivity index (χ1n) is 7.07. The highest BCUT2D eigenvalue weighted by molar-refractivity contribution is 5.53. The van der Waals surface area contributed by atoms with Gasteiger partial charge < -0.3 is 20.9 Å². The normalized spacial score (nSPS) is 11.9. The molecule has 0 bridgehead atoms. The minimum absolute atomic E-state index is 0.369. The molecule has 0 aliphatic rings. The number of pyridine rings is 1. The maximum Gasteiger partial charge on any atom is 0.239 e. The highest BCUT2D eigenvalue weighted by atomic mass is 16.5. The summed E-state index contributed by atoms with van der Waals surface area (Å²) in [5, 5.41) is 13.2. The van der Waals surface area contributed by atoms with Crippen LogP contribution in [0.25, 0.3) is 0 Å². The van der Waals surface area contributed by atoms with Crippen molar-refractivity contribution in [1.82, 2.24) is 4.98 Å². The lowest BCUT2D eigenvalue weighted by molar-refractivity contribution is 0.191. The first-order valence-corrected chi connectivity index (χ1v) is 7.07. The molecule has 1 aromatic heterocycles. The zero-order valence-electron chi connectivity index (χ0n) is 12.1. The zero-order valence-corrected chi connectivity index (χ0v) is 12.1. The van der Waals surface area contributed by atoms with E-state index in [-0.39, 0.29) is 0 Å². The predicted molar refractivity (Wildman–Crippen MR) is 84.3 cm³/mol. The first kappa shape index (κ1) is 15.1. The molecule has 0 aliphatic carbocycles. The molecule has 0 fully saturated rings. The van der Waals surface area contributed by atoms with Crippen molar-refractivity contribution >= 4 is 11.5 Å². The monoisotopic (exact) mass is 287 g/mol. The fourth-order valence-corrected chi connectivity index (χ4v) is 1.86. The van der Waals surface area contributed by atoms with Crippen LogP contribution in [-0.4, -0.2) is 23.2 Å². The second-order valence-corrected chi connectivity index (χ2v) is 4.75. The molecule has 5 heteroatoms. The second-order valence-electron chi connectivity index (χ2n) is 4.75. The number of nitrogens with two attached hydrogens (primary N) is 1. The molecule has 0 aliphatic heterocycles. The number of hydrogen-bond acceptors (Lipinski definition) is 5. The summed E-state index contributed by atoms with van der Waals surface area (Å²) in [6.07, 6.45) is 0.302. The van der Waals surface area contributed by atoms with Crippen LogP contribution in [0.4, 0.5) is 11.5 Å². The van der Waals surface area contributed by atoms with Crippen molar-refractivity contribution in [2.45, 2.75) is 19.4 Å². The molecule has 4 N–H and O–H groups in total. The van der Waals surface area contributed by atoms with Crippen molar-refractivity contribution in [2.24, 2.45) is 0 Å². The lowest BCUT2D eigenvalue weighted by Gasteiger charge is -2.14. The molecule has 5 nitrogen and oxygen atoms in total. The number of nitrogens with one attached hydrogen (secondary N) is 1. The van der Waals surface area contributed by atoms with E-state index in [1.165, 1.54) is 0 Å². The molecular formula is C16H21N3O2. The summed E-state index contributed by atoms with van der Waals surface area (Å²) in [5.74, 6) is 1.06. The van der Waals surface area contributed by atoms with Crippen LogP contribution < -0.4 is 15.8 Å². The molecule has 0 saturated carbocycles. The Bertz CT molecular complexity index is 561. The molecule has 0 saturated heterocycles. The molecule has 1 atom stereocenters. The predicted octanol–water partition coefficient (Wildman–Crippen LogP) is 2.60. The third-order valence-electron chi connectivity index (χ3n) is 2.99. The van der Waals surface area contributed by atoms with Gasteiger partial charge in [0, 0.05) is 6.54 Å². The highest BCUT2D eigenvalue weighted by Crippen LogP contribution is 2.21. The van der Waals surface area contributed by atoms with Gasteiger partial charge in [-0.3, -0.25) is 0 Å². The average Bonchev–Trinajstić information content (AvgIpc) is 2.53. The molecule has 1 aromatic carbocycles. The van der Waals surface area contributed by atoms with E-state index < -0.39 is 6.10 Å². The van der Waals surface area contributed by atoms with E-state index in [4.69, 9.17) is 10.5 Å². The van der Waals surface area contributed by atoms with E-state index in [0.717, 1.165) is 12.0 Å². The van der Waals surface area contributed by atoms with Gasteiger partial charge in [-0.1, -0.05) is 37.3 Å². The summed E-state index contributed by atoms with van der Waals surface area (Å²) < 4.78 is 5.48. The summed E-state index contributed by atoms with van der Waals surface area (Å²) in [5.41, 5.74) is 7.19. The maximum atomic E-state index is 10.1. The number of aliphatic hydroxyl groups is 1. The lowest BCUT2D eigenvalue weighted by Crippen LogP contribution is -2.13. The summed E-state index contributed by atoms with van der Waals surface area (Å²) >= 11 is 0. The van der Waals surface area contributed by atoms with Gasteiger partial charge in [0.15, 0.2) is 0 Å². The number of anilines is 2. The van der Waals surface area contributed by atoms with Crippen molar-refractivity contribution in [3.63, 3.8) is 0 Å². The number of ether oxygens (including phenoxy) is 1. The van der Waals surface area contributed by atoms with Crippen molar-refractivity contribution in [2.75, 3.05) is 24.2 Å². The van der Waals surface area contributed by atoms with Crippen molar-refractivity contribution < 1.29 is 9.84 Å². The molecule has 1 unspecified atom stereocenters. The molecule has 112 valence electrons. The highest BCUT2D eigenvalue weighted by Gasteiger charge is 2.08. The van der Waals surface area contributed by atoms with Crippen LogP contribution in [0.1, 0.15) is 25.0 Å². The Hall–Kier alpha value is -2.27. The van der Waals surface area contributed by atoms with Gasteiger partial charge >= 0.3 is 0 Å². The minimum atomic E-state index is -0.592. The third kappa shape index (κ3) is 4.36. The fourth-order valence-electron chi connectivity index (χ4n) is 1.86. The van der Waals surface area contributed by atoms with E-state index in [0.29, 0.717) is 30.5 Å². The van der Waals surface area contributed by atoms with E-state index in [2.05, 4.69) is 10.3 Å². The van der Waals surface area contributed by atoms with Gasteiger partial charge in [-0.05, 0) is 24.1 Å². The van der Waals surface area contributed by atoms with E-state index in [1.807, 2.05) is 37.3 Å². The van der Waals surface area contributed by atoms with Gasteiger partial charge in [-0.2, -0.15) is 4.98 Å². The van der Waals surface area contributed by atoms with E-state index in [1.54, 1.807) is 12.1 Å². The van der Waals surface area contributed by atoms with E-state index >= 15 is 0 Å². The molecular weight excluding hydrogens is 266 g/mol. The minimum Gasteiger partial charge on any atom is -0.476 e. The van der Waals surface area contributed by atoms with Gasteiger partial charge in [-0.15, -0.1) is 0 Å². The van der Waals surface area contributed by atoms with Crippen molar-refractivity contribution in [3.8, 4) is 5.88 Å². The van der Waals surface area contributed by atoms with E-state index in [9.17, 15) is 5.11 Å².